The number of nitrogens with one attached hydrogen (secondary N) is 1. The molecular formula is C15H24N4O3S. The minimum Gasteiger partial charge on any atom is -0.354 e. The van der Waals surface area contributed by atoms with Crippen LogP contribution in [-0.2, 0) is 9.84 Å². The highest BCUT2D eigenvalue weighted by Gasteiger charge is 2.33. The fourth-order valence-electron chi connectivity index (χ4n) is 2.45. The Balaban J connectivity index is 1.94. The van der Waals surface area contributed by atoms with E-state index < -0.39 is 9.84 Å². The number of hydrogen-bond donors (Lipinski definition) is 1. The van der Waals surface area contributed by atoms with E-state index in [1.807, 2.05) is 0 Å². The van der Waals surface area contributed by atoms with E-state index in [9.17, 15) is 13.2 Å². The molecule has 0 bridgehead atoms. The molecule has 2 heterocycles. The van der Waals surface area contributed by atoms with Crippen molar-refractivity contribution in [2.45, 2.75) is 32.7 Å². The second-order valence-electron chi connectivity index (χ2n) is 6.38. The van der Waals surface area contributed by atoms with Crippen LogP contribution in [0, 0.1) is 5.92 Å². The molecule has 0 aliphatic carbocycles. The van der Waals surface area contributed by atoms with E-state index in [0.29, 0.717) is 23.9 Å². The SMILES string of the molecule is CC(C)CCNc1ncc(C(=O)N(C)C2CCS(=O)(=O)C2)cn1. The van der Waals surface area contributed by atoms with Gasteiger partial charge in [-0.3, -0.25) is 4.79 Å². The van der Waals surface area contributed by atoms with Gasteiger partial charge in [-0.1, -0.05) is 13.8 Å². The average molecular weight is 340 g/mol. The molecule has 1 aliphatic heterocycles. The summed E-state index contributed by atoms with van der Waals surface area (Å²) in [6.45, 7) is 5.07. The molecule has 0 aromatic carbocycles. The lowest BCUT2D eigenvalue weighted by molar-refractivity contribution is 0.0747. The first kappa shape index (κ1) is 17.7. The molecule has 23 heavy (non-hydrogen) atoms. The quantitative estimate of drug-likeness (QED) is 0.836. The highest BCUT2D eigenvalue weighted by molar-refractivity contribution is 7.91. The van der Waals surface area contributed by atoms with Crippen LogP contribution in [0.4, 0.5) is 5.95 Å². The van der Waals surface area contributed by atoms with Gasteiger partial charge in [0, 0.05) is 32.0 Å². The van der Waals surface area contributed by atoms with Crippen molar-refractivity contribution in [1.82, 2.24) is 14.9 Å². The van der Waals surface area contributed by atoms with Gasteiger partial charge in [-0.2, -0.15) is 0 Å². The molecule has 1 aromatic heterocycles. The Morgan fingerprint density at radius 3 is 2.57 bits per heavy atom. The molecule has 1 aliphatic rings. The lowest BCUT2D eigenvalue weighted by Crippen LogP contribution is -2.37. The third-order valence-electron chi connectivity index (χ3n) is 3.98. The van der Waals surface area contributed by atoms with Gasteiger partial charge in [0.2, 0.25) is 5.95 Å². The van der Waals surface area contributed by atoms with Crippen molar-refractivity contribution in [3.05, 3.63) is 18.0 Å². The van der Waals surface area contributed by atoms with Crippen LogP contribution < -0.4 is 5.32 Å². The molecule has 0 saturated carbocycles. The molecule has 1 atom stereocenters. The Bertz CT molecular complexity index is 643. The van der Waals surface area contributed by atoms with Gasteiger partial charge in [-0.15, -0.1) is 0 Å². The van der Waals surface area contributed by atoms with Crippen LogP contribution in [0.1, 0.15) is 37.0 Å². The number of carbonyl (C=O) groups excluding carboxylic acids is 1. The topological polar surface area (TPSA) is 92.3 Å². The molecule has 1 aromatic rings. The Morgan fingerprint density at radius 1 is 1.39 bits per heavy atom. The minimum absolute atomic E-state index is 0.0327. The second-order valence-corrected chi connectivity index (χ2v) is 8.61. The first-order valence-electron chi connectivity index (χ1n) is 7.82. The first-order valence-corrected chi connectivity index (χ1v) is 9.64. The minimum atomic E-state index is -3.02. The molecule has 8 heteroatoms. The maximum absolute atomic E-state index is 12.4. The number of hydrogen-bond acceptors (Lipinski definition) is 6. The van der Waals surface area contributed by atoms with Crippen LogP contribution in [0.15, 0.2) is 12.4 Å². The average Bonchev–Trinajstić information content (AvgIpc) is 2.86. The van der Waals surface area contributed by atoms with E-state index >= 15 is 0 Å². The van der Waals surface area contributed by atoms with Crippen molar-refractivity contribution in [2.75, 3.05) is 30.4 Å². The van der Waals surface area contributed by atoms with Gasteiger partial charge in [0.25, 0.3) is 5.91 Å². The van der Waals surface area contributed by atoms with E-state index in [0.717, 1.165) is 13.0 Å². The number of rotatable bonds is 6. The van der Waals surface area contributed by atoms with Gasteiger partial charge in [0.1, 0.15) is 0 Å². The predicted octanol–water partition coefficient (Wildman–Crippen LogP) is 1.19. The second kappa shape index (κ2) is 7.25. The van der Waals surface area contributed by atoms with Crippen LogP contribution in [0.25, 0.3) is 0 Å². The van der Waals surface area contributed by atoms with Crippen LogP contribution in [-0.4, -0.2) is 60.3 Å². The summed E-state index contributed by atoms with van der Waals surface area (Å²) >= 11 is 0. The standard InChI is InChI=1S/C15H24N4O3S/c1-11(2)4-6-16-15-17-8-12(9-18-15)14(20)19(3)13-5-7-23(21,22)10-13/h8-9,11,13H,4-7,10H2,1-3H3,(H,16,17,18). The Labute approximate surface area is 137 Å². The van der Waals surface area contributed by atoms with E-state index in [1.165, 1.54) is 17.3 Å². The zero-order chi connectivity index (χ0) is 17.0. The van der Waals surface area contributed by atoms with Crippen molar-refractivity contribution in [2.24, 2.45) is 5.92 Å². The Kier molecular flexibility index (Phi) is 5.56. The summed E-state index contributed by atoms with van der Waals surface area (Å²) in [6, 6.07) is -0.267. The normalized spacial score (nSPS) is 19.7. The molecular weight excluding hydrogens is 316 g/mol. The molecule has 1 fully saturated rings. The number of sulfone groups is 1. The van der Waals surface area contributed by atoms with Crippen molar-refractivity contribution in [3.8, 4) is 0 Å². The van der Waals surface area contributed by atoms with Crippen molar-refractivity contribution in [3.63, 3.8) is 0 Å². The summed E-state index contributed by atoms with van der Waals surface area (Å²) in [6.07, 6.45) is 4.46. The molecule has 0 spiro atoms. The van der Waals surface area contributed by atoms with Crippen molar-refractivity contribution < 1.29 is 13.2 Å². The fourth-order valence-corrected chi connectivity index (χ4v) is 4.23. The van der Waals surface area contributed by atoms with Gasteiger partial charge in [0.05, 0.1) is 17.1 Å². The van der Waals surface area contributed by atoms with Gasteiger partial charge in [-0.25, -0.2) is 18.4 Å². The number of amides is 1. The van der Waals surface area contributed by atoms with Crippen molar-refractivity contribution >= 4 is 21.7 Å². The smallest absolute Gasteiger partial charge is 0.257 e. The maximum Gasteiger partial charge on any atom is 0.257 e. The first-order chi connectivity index (χ1) is 10.8. The van der Waals surface area contributed by atoms with Gasteiger partial charge < -0.3 is 10.2 Å². The van der Waals surface area contributed by atoms with E-state index in [4.69, 9.17) is 0 Å². The van der Waals surface area contributed by atoms with Crippen LogP contribution in [0.3, 0.4) is 0 Å². The number of anilines is 1. The highest BCUT2D eigenvalue weighted by Crippen LogP contribution is 2.18. The Morgan fingerprint density at radius 2 is 2.04 bits per heavy atom. The number of nitrogens with zero attached hydrogens (tertiary/aromatic N) is 3. The molecule has 0 radical (unpaired) electrons. The number of carbonyl (C=O) groups is 1. The summed E-state index contributed by atoms with van der Waals surface area (Å²) in [5, 5.41) is 3.11. The molecule has 1 N–H and O–H groups in total. The zero-order valence-corrected chi connectivity index (χ0v) is 14.6. The molecule has 7 nitrogen and oxygen atoms in total. The Hall–Kier alpha value is -1.70. The van der Waals surface area contributed by atoms with Crippen LogP contribution in [0.2, 0.25) is 0 Å². The summed E-state index contributed by atoms with van der Waals surface area (Å²) in [4.78, 5) is 22.2. The monoisotopic (exact) mass is 340 g/mol. The molecule has 1 amide bonds. The molecule has 1 unspecified atom stereocenters. The van der Waals surface area contributed by atoms with E-state index in [2.05, 4.69) is 29.1 Å². The van der Waals surface area contributed by atoms with Gasteiger partial charge in [-0.05, 0) is 18.8 Å². The predicted molar refractivity (Wildman–Crippen MR) is 89.1 cm³/mol. The highest BCUT2D eigenvalue weighted by atomic mass is 32.2. The summed E-state index contributed by atoms with van der Waals surface area (Å²) in [5.74, 6) is 1.02. The summed E-state index contributed by atoms with van der Waals surface area (Å²) < 4.78 is 23.1. The van der Waals surface area contributed by atoms with Crippen LogP contribution in [0.5, 0.6) is 0 Å². The summed E-state index contributed by atoms with van der Waals surface area (Å²) in [7, 11) is -1.39. The number of aromatic nitrogens is 2. The van der Waals surface area contributed by atoms with Crippen molar-refractivity contribution in [1.29, 1.82) is 0 Å². The summed E-state index contributed by atoms with van der Waals surface area (Å²) in [5.41, 5.74) is 0.367. The third kappa shape index (κ3) is 4.89. The zero-order valence-electron chi connectivity index (χ0n) is 13.8. The lowest BCUT2D eigenvalue weighted by atomic mass is 10.1. The molecule has 1 saturated heterocycles. The third-order valence-corrected chi connectivity index (χ3v) is 5.73. The maximum atomic E-state index is 12.4. The van der Waals surface area contributed by atoms with Crippen LogP contribution >= 0.6 is 0 Å². The van der Waals surface area contributed by atoms with E-state index in [1.54, 1.807) is 7.05 Å². The largest absolute Gasteiger partial charge is 0.354 e. The fraction of sp³-hybridized carbons (Fsp3) is 0.667. The molecule has 2 rings (SSSR count). The lowest BCUT2D eigenvalue weighted by Gasteiger charge is -2.23. The van der Waals surface area contributed by atoms with E-state index in [-0.39, 0.29) is 23.5 Å². The molecule has 128 valence electrons. The van der Waals surface area contributed by atoms with Gasteiger partial charge in [0.15, 0.2) is 9.84 Å². The van der Waals surface area contributed by atoms with Gasteiger partial charge >= 0.3 is 0 Å².